The summed E-state index contributed by atoms with van der Waals surface area (Å²) in [7, 11) is 0. The molecule has 0 saturated carbocycles. The highest BCUT2D eigenvalue weighted by Crippen LogP contribution is 2.18. The molecule has 0 aliphatic carbocycles. The van der Waals surface area contributed by atoms with Crippen LogP contribution in [0.15, 0.2) is 0 Å². The Balaban J connectivity index is 3.84. The Morgan fingerprint density at radius 3 is 2.13 bits per heavy atom. The van der Waals surface area contributed by atoms with Gasteiger partial charge in [0, 0.05) is 13.2 Å². The summed E-state index contributed by atoms with van der Waals surface area (Å²) < 4.78 is 11.3. The third-order valence-electron chi connectivity index (χ3n) is 2.22. The lowest BCUT2D eigenvalue weighted by Crippen LogP contribution is -2.27. The van der Waals surface area contributed by atoms with E-state index in [-0.39, 0.29) is 5.41 Å². The van der Waals surface area contributed by atoms with Crippen molar-refractivity contribution in [1.29, 1.82) is 0 Å². The molecule has 92 valence electrons. The highest BCUT2D eigenvalue weighted by Gasteiger charge is 2.18. The lowest BCUT2D eigenvalue weighted by atomic mass is 9.97. The summed E-state index contributed by atoms with van der Waals surface area (Å²) in [4.78, 5) is 0. The molecule has 0 amide bonds. The Morgan fingerprint density at radius 2 is 1.73 bits per heavy atom. The van der Waals surface area contributed by atoms with Gasteiger partial charge < -0.3 is 9.47 Å². The molecule has 0 radical (unpaired) electrons. The SMILES string of the molecule is CCOCCC(OCC(C)(C)C)C(C)C. The van der Waals surface area contributed by atoms with Crippen LogP contribution >= 0.6 is 0 Å². The summed E-state index contributed by atoms with van der Waals surface area (Å²) in [5.74, 6) is 0.563. The standard InChI is InChI=1S/C13H28O2/c1-7-14-9-8-12(11(2)3)15-10-13(4,5)6/h11-12H,7-10H2,1-6H3. The minimum atomic E-state index is 0.249. The van der Waals surface area contributed by atoms with Crippen molar-refractivity contribution in [3.63, 3.8) is 0 Å². The zero-order valence-corrected chi connectivity index (χ0v) is 11.3. The molecule has 0 rings (SSSR count). The van der Waals surface area contributed by atoms with Gasteiger partial charge in [0.25, 0.3) is 0 Å². The molecule has 0 aromatic heterocycles. The van der Waals surface area contributed by atoms with Crippen molar-refractivity contribution in [2.45, 2.75) is 54.1 Å². The van der Waals surface area contributed by atoms with Gasteiger partial charge in [0.1, 0.15) is 0 Å². The van der Waals surface area contributed by atoms with E-state index in [0.29, 0.717) is 12.0 Å². The molecule has 0 bridgehead atoms. The fraction of sp³-hybridized carbons (Fsp3) is 1.00. The molecule has 1 atom stereocenters. The Hall–Kier alpha value is -0.0800. The third kappa shape index (κ3) is 8.88. The van der Waals surface area contributed by atoms with Crippen LogP contribution in [-0.4, -0.2) is 25.9 Å². The lowest BCUT2D eigenvalue weighted by molar-refractivity contribution is -0.0323. The van der Waals surface area contributed by atoms with E-state index in [1.54, 1.807) is 0 Å². The minimum absolute atomic E-state index is 0.249. The van der Waals surface area contributed by atoms with Crippen LogP contribution in [0.2, 0.25) is 0 Å². The molecule has 0 N–H and O–H groups in total. The van der Waals surface area contributed by atoms with Crippen molar-refractivity contribution < 1.29 is 9.47 Å². The summed E-state index contributed by atoms with van der Waals surface area (Å²) in [5.41, 5.74) is 0.249. The van der Waals surface area contributed by atoms with Gasteiger partial charge in [-0.15, -0.1) is 0 Å². The van der Waals surface area contributed by atoms with Crippen molar-refractivity contribution in [2.75, 3.05) is 19.8 Å². The second kappa shape index (κ2) is 7.24. The normalized spacial score (nSPS) is 14.6. The molecule has 15 heavy (non-hydrogen) atoms. The average molecular weight is 216 g/mol. The average Bonchev–Trinajstić information content (AvgIpc) is 2.08. The number of ether oxygens (including phenoxy) is 2. The van der Waals surface area contributed by atoms with Crippen molar-refractivity contribution in [3.05, 3.63) is 0 Å². The predicted molar refractivity (Wildman–Crippen MR) is 65.1 cm³/mol. The number of rotatable bonds is 7. The fourth-order valence-corrected chi connectivity index (χ4v) is 1.31. The van der Waals surface area contributed by atoms with E-state index < -0.39 is 0 Å². The molecular weight excluding hydrogens is 188 g/mol. The first-order valence-corrected chi connectivity index (χ1v) is 6.06. The summed E-state index contributed by atoms with van der Waals surface area (Å²) in [6, 6.07) is 0. The topological polar surface area (TPSA) is 18.5 Å². The van der Waals surface area contributed by atoms with Gasteiger partial charge in [-0.1, -0.05) is 34.6 Å². The van der Waals surface area contributed by atoms with Gasteiger partial charge in [-0.3, -0.25) is 0 Å². The van der Waals surface area contributed by atoms with Gasteiger partial charge >= 0.3 is 0 Å². The molecule has 0 heterocycles. The van der Waals surface area contributed by atoms with Crippen molar-refractivity contribution >= 4 is 0 Å². The van der Waals surface area contributed by atoms with Crippen LogP contribution in [0.1, 0.15) is 48.0 Å². The third-order valence-corrected chi connectivity index (χ3v) is 2.22. The molecular formula is C13H28O2. The molecule has 0 spiro atoms. The maximum absolute atomic E-state index is 5.93. The van der Waals surface area contributed by atoms with E-state index in [1.165, 1.54) is 0 Å². The Morgan fingerprint density at radius 1 is 1.13 bits per heavy atom. The molecule has 2 nitrogen and oxygen atoms in total. The second-order valence-corrected chi connectivity index (χ2v) is 5.64. The van der Waals surface area contributed by atoms with Gasteiger partial charge in [-0.25, -0.2) is 0 Å². The summed E-state index contributed by atoms with van der Waals surface area (Å²) in [5, 5.41) is 0. The molecule has 0 aliphatic rings. The van der Waals surface area contributed by atoms with Crippen LogP contribution in [0.5, 0.6) is 0 Å². The van der Waals surface area contributed by atoms with E-state index in [4.69, 9.17) is 9.47 Å². The zero-order valence-electron chi connectivity index (χ0n) is 11.3. The van der Waals surface area contributed by atoms with Gasteiger partial charge in [0.05, 0.1) is 12.7 Å². The van der Waals surface area contributed by atoms with Crippen molar-refractivity contribution in [1.82, 2.24) is 0 Å². The molecule has 0 aromatic carbocycles. The van der Waals surface area contributed by atoms with Crippen LogP contribution in [0.3, 0.4) is 0 Å². The summed E-state index contributed by atoms with van der Waals surface area (Å²) >= 11 is 0. The molecule has 0 saturated heterocycles. The van der Waals surface area contributed by atoms with E-state index in [2.05, 4.69) is 34.6 Å². The number of hydrogen-bond acceptors (Lipinski definition) is 2. The van der Waals surface area contributed by atoms with E-state index in [1.807, 2.05) is 6.92 Å². The van der Waals surface area contributed by atoms with Gasteiger partial charge in [0.15, 0.2) is 0 Å². The first-order chi connectivity index (χ1) is 6.87. The van der Waals surface area contributed by atoms with Crippen molar-refractivity contribution in [2.24, 2.45) is 11.3 Å². The Bertz CT molecular complexity index is 147. The molecule has 2 heteroatoms. The van der Waals surface area contributed by atoms with E-state index >= 15 is 0 Å². The van der Waals surface area contributed by atoms with Crippen LogP contribution in [0.25, 0.3) is 0 Å². The van der Waals surface area contributed by atoms with Crippen LogP contribution in [-0.2, 0) is 9.47 Å². The van der Waals surface area contributed by atoms with E-state index in [0.717, 1.165) is 26.2 Å². The lowest BCUT2D eigenvalue weighted by Gasteiger charge is -2.26. The van der Waals surface area contributed by atoms with Crippen molar-refractivity contribution in [3.8, 4) is 0 Å². The van der Waals surface area contributed by atoms with Gasteiger partial charge in [-0.2, -0.15) is 0 Å². The zero-order chi connectivity index (χ0) is 11.9. The first kappa shape index (κ1) is 14.9. The van der Waals surface area contributed by atoms with Crippen LogP contribution in [0.4, 0.5) is 0 Å². The highest BCUT2D eigenvalue weighted by atomic mass is 16.5. The maximum atomic E-state index is 5.93. The molecule has 0 fully saturated rings. The molecule has 0 aliphatic heterocycles. The number of hydrogen-bond donors (Lipinski definition) is 0. The summed E-state index contributed by atoms with van der Waals surface area (Å²) in [6.07, 6.45) is 1.33. The Labute approximate surface area is 95.3 Å². The van der Waals surface area contributed by atoms with Crippen LogP contribution < -0.4 is 0 Å². The monoisotopic (exact) mass is 216 g/mol. The fourth-order valence-electron chi connectivity index (χ4n) is 1.31. The smallest absolute Gasteiger partial charge is 0.0620 e. The van der Waals surface area contributed by atoms with E-state index in [9.17, 15) is 0 Å². The second-order valence-electron chi connectivity index (χ2n) is 5.64. The highest BCUT2D eigenvalue weighted by molar-refractivity contribution is 4.66. The predicted octanol–water partition coefficient (Wildman–Crippen LogP) is 3.50. The molecule has 1 unspecified atom stereocenters. The largest absolute Gasteiger partial charge is 0.382 e. The summed E-state index contributed by atoms with van der Waals surface area (Å²) in [6.45, 7) is 15.5. The molecule has 0 aromatic rings. The van der Waals surface area contributed by atoms with Gasteiger partial charge in [-0.05, 0) is 24.7 Å². The maximum Gasteiger partial charge on any atom is 0.0620 e. The quantitative estimate of drug-likeness (QED) is 0.606. The van der Waals surface area contributed by atoms with Crippen LogP contribution in [0, 0.1) is 11.3 Å². The van der Waals surface area contributed by atoms with Gasteiger partial charge in [0.2, 0.25) is 0 Å². The Kier molecular flexibility index (Phi) is 7.20. The minimum Gasteiger partial charge on any atom is -0.382 e. The first-order valence-electron chi connectivity index (χ1n) is 6.06.